The maximum Gasteiger partial charge on any atom is 0.164 e. The molecule has 0 bridgehead atoms. The first kappa shape index (κ1) is 34.3. The molecule has 0 N–H and O–H groups in total. The molecule has 0 saturated heterocycles. The van der Waals surface area contributed by atoms with Gasteiger partial charge in [0.2, 0.25) is 0 Å². The monoisotopic (exact) mass is 753 g/mol. The average Bonchev–Trinajstić information content (AvgIpc) is 3.70. The number of nitrogens with zero attached hydrogens (tertiary/aromatic N) is 3. The van der Waals surface area contributed by atoms with Crippen LogP contribution >= 0.6 is 0 Å². The quantitative estimate of drug-likeness (QED) is 0.163. The Balaban J connectivity index is 1.03. The van der Waals surface area contributed by atoms with Crippen LogP contribution in [0.1, 0.15) is 0 Å². The van der Waals surface area contributed by atoms with Crippen LogP contribution in [0.25, 0.3) is 111 Å². The minimum atomic E-state index is 0.576. The summed E-state index contributed by atoms with van der Waals surface area (Å²) < 4.78 is 6.59. The number of aromatic nitrogens is 3. The second-order valence-electron chi connectivity index (χ2n) is 14.8. The highest BCUT2D eigenvalue weighted by molar-refractivity contribution is 6.13. The smallest absolute Gasteiger partial charge is 0.164 e. The highest BCUT2D eigenvalue weighted by Crippen LogP contribution is 2.39. The van der Waals surface area contributed by atoms with E-state index in [4.69, 9.17) is 19.4 Å². The van der Waals surface area contributed by atoms with Crippen LogP contribution in [0.5, 0.6) is 0 Å². The molecule has 0 spiro atoms. The van der Waals surface area contributed by atoms with Gasteiger partial charge in [0.25, 0.3) is 0 Å². The van der Waals surface area contributed by atoms with E-state index < -0.39 is 0 Å². The van der Waals surface area contributed by atoms with E-state index >= 15 is 0 Å². The van der Waals surface area contributed by atoms with E-state index in [1.54, 1.807) is 0 Å². The van der Waals surface area contributed by atoms with E-state index in [1.165, 1.54) is 27.6 Å². The zero-order valence-electron chi connectivity index (χ0n) is 32.0. The Morgan fingerprint density at radius 2 is 0.729 bits per heavy atom. The van der Waals surface area contributed by atoms with Gasteiger partial charge in [-0.15, -0.1) is 0 Å². The lowest BCUT2D eigenvalue weighted by Crippen LogP contribution is -2.00. The molecule has 11 rings (SSSR count). The van der Waals surface area contributed by atoms with E-state index in [-0.39, 0.29) is 0 Å². The van der Waals surface area contributed by atoms with Crippen molar-refractivity contribution in [1.29, 1.82) is 0 Å². The van der Waals surface area contributed by atoms with Gasteiger partial charge in [-0.3, -0.25) is 0 Å². The summed E-state index contributed by atoms with van der Waals surface area (Å²) in [6, 6.07) is 74.0. The predicted molar refractivity (Wildman–Crippen MR) is 243 cm³/mol. The van der Waals surface area contributed by atoms with E-state index in [9.17, 15) is 0 Å². The minimum Gasteiger partial charge on any atom is -0.456 e. The van der Waals surface area contributed by atoms with Gasteiger partial charge in [0.05, 0.1) is 0 Å². The third-order valence-corrected chi connectivity index (χ3v) is 11.1. The first-order valence-corrected chi connectivity index (χ1v) is 19.8. The Bertz CT molecular complexity index is 3300. The number of benzene rings is 9. The fourth-order valence-electron chi connectivity index (χ4n) is 8.20. The molecule has 11 aromatic rings. The molecule has 4 heteroatoms. The molecule has 9 aromatic carbocycles. The van der Waals surface area contributed by atoms with E-state index in [0.717, 1.165) is 66.3 Å². The molecule has 2 heterocycles. The second-order valence-corrected chi connectivity index (χ2v) is 14.8. The van der Waals surface area contributed by atoms with Gasteiger partial charge in [-0.2, -0.15) is 0 Å². The van der Waals surface area contributed by atoms with Crippen LogP contribution in [0.4, 0.5) is 0 Å². The predicted octanol–water partition coefficient (Wildman–Crippen LogP) is 14.6. The molecule has 0 radical (unpaired) electrons. The third-order valence-electron chi connectivity index (χ3n) is 11.1. The lowest BCUT2D eigenvalue weighted by atomic mass is 9.96. The molecule has 0 amide bonds. The minimum absolute atomic E-state index is 0.576. The number of rotatable bonds is 7. The van der Waals surface area contributed by atoms with Crippen molar-refractivity contribution < 1.29 is 4.42 Å². The molecule has 0 unspecified atom stereocenters. The third kappa shape index (κ3) is 6.43. The van der Waals surface area contributed by atoms with Crippen molar-refractivity contribution >= 4 is 32.7 Å². The topological polar surface area (TPSA) is 51.8 Å². The summed E-state index contributed by atoms with van der Waals surface area (Å²) >= 11 is 0. The summed E-state index contributed by atoms with van der Waals surface area (Å²) in [4.78, 5) is 15.5. The van der Waals surface area contributed by atoms with Crippen LogP contribution in [0, 0.1) is 0 Å². The van der Waals surface area contributed by atoms with Crippen LogP contribution in [0.2, 0.25) is 0 Å². The van der Waals surface area contributed by atoms with Crippen molar-refractivity contribution in [3.8, 4) is 78.7 Å². The summed E-state index contributed by atoms with van der Waals surface area (Å²) in [7, 11) is 0. The van der Waals surface area contributed by atoms with Crippen molar-refractivity contribution in [3.05, 3.63) is 212 Å². The van der Waals surface area contributed by atoms with Crippen molar-refractivity contribution in [3.63, 3.8) is 0 Å². The molecular weight excluding hydrogens is 719 g/mol. The van der Waals surface area contributed by atoms with Crippen molar-refractivity contribution in [2.75, 3.05) is 0 Å². The van der Waals surface area contributed by atoms with Gasteiger partial charge in [-0.1, -0.05) is 182 Å². The zero-order valence-corrected chi connectivity index (χ0v) is 32.0. The molecule has 276 valence electrons. The van der Waals surface area contributed by atoms with E-state index in [2.05, 4.69) is 188 Å². The van der Waals surface area contributed by atoms with Crippen LogP contribution in [-0.2, 0) is 0 Å². The molecule has 0 aliphatic heterocycles. The first-order valence-electron chi connectivity index (χ1n) is 19.8. The summed E-state index contributed by atoms with van der Waals surface area (Å²) in [5, 5.41) is 4.42. The lowest BCUT2D eigenvalue weighted by molar-refractivity contribution is 0.669. The molecular formula is C55H35N3O. The fourth-order valence-corrected chi connectivity index (χ4v) is 8.20. The fraction of sp³-hybridized carbons (Fsp3) is 0. The van der Waals surface area contributed by atoms with Gasteiger partial charge < -0.3 is 4.42 Å². The van der Waals surface area contributed by atoms with Crippen molar-refractivity contribution in [1.82, 2.24) is 15.0 Å². The molecule has 0 fully saturated rings. The Morgan fingerprint density at radius 1 is 0.271 bits per heavy atom. The van der Waals surface area contributed by atoms with Crippen LogP contribution in [0.3, 0.4) is 0 Å². The highest BCUT2D eigenvalue weighted by Gasteiger charge is 2.18. The SMILES string of the molecule is c1ccc(-c2ccc(-c3cccc4oc5cc(-c6nc(-c7cccc(-c8ccccc8)c7)nc(-c7ccc8c(-c9ccccc9)cccc8c7)n6)ccc5c34)cc2)cc1. The molecule has 0 saturated carbocycles. The van der Waals surface area contributed by atoms with Gasteiger partial charge in [-0.25, -0.2) is 15.0 Å². The maximum atomic E-state index is 6.59. The van der Waals surface area contributed by atoms with E-state index in [0.29, 0.717) is 17.5 Å². The van der Waals surface area contributed by atoms with Crippen LogP contribution < -0.4 is 0 Å². The van der Waals surface area contributed by atoms with Crippen molar-refractivity contribution in [2.24, 2.45) is 0 Å². The number of fused-ring (bicyclic) bond motifs is 4. The second kappa shape index (κ2) is 14.5. The molecule has 0 aliphatic carbocycles. The molecule has 59 heavy (non-hydrogen) atoms. The highest BCUT2D eigenvalue weighted by atomic mass is 16.3. The maximum absolute atomic E-state index is 6.59. The summed E-state index contributed by atoms with van der Waals surface area (Å²) in [6.07, 6.45) is 0. The van der Waals surface area contributed by atoms with E-state index in [1.807, 2.05) is 24.3 Å². The van der Waals surface area contributed by atoms with Gasteiger partial charge in [0, 0.05) is 27.5 Å². The standard InChI is InChI=1S/C55H35N3O/c1-4-13-36(14-5-1)38-25-27-40(28-26-38)48-23-12-24-50-52(48)49-32-30-45(35-51(49)59-50)55-57-53(43-21-10-19-41(33-43)37-15-6-2-7-16-37)56-54(58-55)44-29-31-47-42(34-44)20-11-22-46(47)39-17-8-3-9-18-39/h1-35H. The molecule has 0 aliphatic rings. The number of furan rings is 1. The Hall–Kier alpha value is -7.95. The zero-order chi connectivity index (χ0) is 39.1. The Morgan fingerprint density at radius 3 is 1.42 bits per heavy atom. The Labute approximate surface area is 341 Å². The average molecular weight is 754 g/mol. The van der Waals surface area contributed by atoms with Crippen LogP contribution in [0.15, 0.2) is 217 Å². The lowest BCUT2D eigenvalue weighted by Gasteiger charge is -2.11. The molecule has 2 aromatic heterocycles. The van der Waals surface area contributed by atoms with Gasteiger partial charge in [-0.05, 0) is 85.6 Å². The Kier molecular flexibility index (Phi) is 8.45. The largest absolute Gasteiger partial charge is 0.456 e. The van der Waals surface area contributed by atoms with Crippen LogP contribution in [-0.4, -0.2) is 15.0 Å². The van der Waals surface area contributed by atoms with Gasteiger partial charge >= 0.3 is 0 Å². The molecule has 0 atom stereocenters. The normalized spacial score (nSPS) is 11.4. The van der Waals surface area contributed by atoms with Gasteiger partial charge in [0.15, 0.2) is 17.5 Å². The van der Waals surface area contributed by atoms with Gasteiger partial charge in [0.1, 0.15) is 11.2 Å². The number of hydrogen-bond acceptors (Lipinski definition) is 4. The number of hydrogen-bond donors (Lipinski definition) is 0. The first-order chi connectivity index (χ1) is 29.2. The molecule has 4 nitrogen and oxygen atoms in total. The summed E-state index contributed by atoms with van der Waals surface area (Å²) in [5.74, 6) is 1.78. The van der Waals surface area contributed by atoms with Crippen molar-refractivity contribution in [2.45, 2.75) is 0 Å². The summed E-state index contributed by atoms with van der Waals surface area (Å²) in [5.41, 5.74) is 13.5. The summed E-state index contributed by atoms with van der Waals surface area (Å²) in [6.45, 7) is 0.